The van der Waals surface area contributed by atoms with E-state index in [1.807, 2.05) is 6.92 Å². The first kappa shape index (κ1) is 13.7. The van der Waals surface area contributed by atoms with E-state index >= 15 is 0 Å². The van der Waals surface area contributed by atoms with E-state index in [2.05, 4.69) is 10.7 Å². The molecule has 5 nitrogen and oxygen atoms in total. The fraction of sp³-hybridized carbons (Fsp3) is 0.364. The summed E-state index contributed by atoms with van der Waals surface area (Å²) in [6.07, 6.45) is 1.61. The lowest BCUT2D eigenvalue weighted by molar-refractivity contribution is 0.0944. The Kier molecular flexibility index (Phi) is 5.11. The van der Waals surface area contributed by atoms with Crippen LogP contribution in [0.25, 0.3) is 0 Å². The SMILES string of the molecule is CC(CS(C)=O)NC(=O)c1ccccc1NN. The number of carbonyl (C=O) groups is 1. The number of nitrogens with one attached hydrogen (secondary N) is 2. The van der Waals surface area contributed by atoms with Gasteiger partial charge < -0.3 is 10.7 Å². The van der Waals surface area contributed by atoms with Crippen LogP contribution in [-0.4, -0.2) is 28.2 Å². The third-order valence-electron chi connectivity index (χ3n) is 2.19. The zero-order chi connectivity index (χ0) is 12.8. The largest absolute Gasteiger partial charge is 0.349 e. The second-order valence-corrected chi connectivity index (χ2v) is 5.28. The summed E-state index contributed by atoms with van der Waals surface area (Å²) in [5.74, 6) is 5.53. The topological polar surface area (TPSA) is 84.2 Å². The molecule has 0 aliphatic rings. The summed E-state index contributed by atoms with van der Waals surface area (Å²) >= 11 is 0. The fourth-order valence-electron chi connectivity index (χ4n) is 1.50. The number of rotatable bonds is 5. The Morgan fingerprint density at radius 3 is 2.71 bits per heavy atom. The lowest BCUT2D eigenvalue weighted by atomic mass is 10.1. The highest BCUT2D eigenvalue weighted by Gasteiger charge is 2.13. The third-order valence-corrected chi connectivity index (χ3v) is 3.16. The highest BCUT2D eigenvalue weighted by Crippen LogP contribution is 2.13. The van der Waals surface area contributed by atoms with Crippen LogP contribution in [0.3, 0.4) is 0 Å². The molecule has 0 saturated carbocycles. The highest BCUT2D eigenvalue weighted by molar-refractivity contribution is 7.84. The molecule has 0 radical (unpaired) electrons. The van der Waals surface area contributed by atoms with Crippen molar-refractivity contribution in [3.05, 3.63) is 29.8 Å². The molecule has 6 heteroatoms. The molecule has 0 bridgehead atoms. The van der Waals surface area contributed by atoms with E-state index in [4.69, 9.17) is 5.84 Å². The lowest BCUT2D eigenvalue weighted by Gasteiger charge is -2.14. The molecule has 1 rings (SSSR count). The summed E-state index contributed by atoms with van der Waals surface area (Å²) in [5.41, 5.74) is 3.51. The maximum absolute atomic E-state index is 11.9. The smallest absolute Gasteiger partial charge is 0.253 e. The Labute approximate surface area is 103 Å². The van der Waals surface area contributed by atoms with Crippen LogP contribution in [0.2, 0.25) is 0 Å². The van der Waals surface area contributed by atoms with Crippen molar-refractivity contribution in [3.63, 3.8) is 0 Å². The number of hydrogen-bond donors (Lipinski definition) is 3. The highest BCUT2D eigenvalue weighted by atomic mass is 32.2. The molecule has 0 heterocycles. The first-order valence-corrected chi connectivity index (χ1v) is 6.94. The molecule has 2 unspecified atom stereocenters. The number of carbonyl (C=O) groups excluding carboxylic acids is 1. The van der Waals surface area contributed by atoms with Gasteiger partial charge in [-0.2, -0.15) is 0 Å². The van der Waals surface area contributed by atoms with E-state index in [0.29, 0.717) is 17.0 Å². The monoisotopic (exact) mass is 255 g/mol. The molecular weight excluding hydrogens is 238 g/mol. The molecular formula is C11H17N3O2S. The van der Waals surface area contributed by atoms with Gasteiger partial charge in [-0.05, 0) is 19.1 Å². The lowest BCUT2D eigenvalue weighted by Crippen LogP contribution is -2.36. The van der Waals surface area contributed by atoms with Crippen LogP contribution in [0.15, 0.2) is 24.3 Å². The summed E-state index contributed by atoms with van der Waals surface area (Å²) in [5, 5.41) is 2.77. The van der Waals surface area contributed by atoms with Crippen LogP contribution in [0, 0.1) is 0 Å². The average Bonchev–Trinajstić information content (AvgIpc) is 2.27. The molecule has 2 atom stereocenters. The first-order chi connectivity index (χ1) is 8.04. The number of hydrogen-bond acceptors (Lipinski definition) is 4. The van der Waals surface area contributed by atoms with Crippen molar-refractivity contribution < 1.29 is 9.00 Å². The first-order valence-electron chi connectivity index (χ1n) is 5.21. The molecule has 0 spiro atoms. The van der Waals surface area contributed by atoms with Crippen molar-refractivity contribution in [2.24, 2.45) is 5.84 Å². The van der Waals surface area contributed by atoms with Gasteiger partial charge in [0.1, 0.15) is 0 Å². The molecule has 1 amide bonds. The average molecular weight is 255 g/mol. The molecule has 17 heavy (non-hydrogen) atoms. The summed E-state index contributed by atoms with van der Waals surface area (Å²) in [6, 6.07) is 6.81. The number of amides is 1. The van der Waals surface area contributed by atoms with E-state index < -0.39 is 10.8 Å². The Morgan fingerprint density at radius 2 is 2.12 bits per heavy atom. The van der Waals surface area contributed by atoms with Crippen LogP contribution in [0.1, 0.15) is 17.3 Å². The third kappa shape index (κ3) is 4.16. The van der Waals surface area contributed by atoms with Gasteiger partial charge in [-0.3, -0.25) is 14.8 Å². The Balaban J connectivity index is 2.72. The summed E-state index contributed by atoms with van der Waals surface area (Å²) in [6.45, 7) is 1.82. The second-order valence-electron chi connectivity index (χ2n) is 3.80. The van der Waals surface area contributed by atoms with E-state index in [0.717, 1.165) is 0 Å². The van der Waals surface area contributed by atoms with Crippen LogP contribution in [0.5, 0.6) is 0 Å². The molecule has 0 aromatic heterocycles. The fourth-order valence-corrected chi connectivity index (χ4v) is 2.29. The van der Waals surface area contributed by atoms with E-state index in [-0.39, 0.29) is 11.9 Å². The number of hydrazine groups is 1. The summed E-state index contributed by atoms with van der Waals surface area (Å²) < 4.78 is 11.0. The van der Waals surface area contributed by atoms with E-state index in [1.54, 1.807) is 30.5 Å². The van der Waals surface area contributed by atoms with Crippen molar-refractivity contribution in [1.29, 1.82) is 0 Å². The van der Waals surface area contributed by atoms with Gasteiger partial charge in [0, 0.05) is 28.9 Å². The summed E-state index contributed by atoms with van der Waals surface area (Å²) in [4.78, 5) is 11.9. The van der Waals surface area contributed by atoms with Gasteiger partial charge >= 0.3 is 0 Å². The predicted octanol–water partition coefficient (Wildman–Crippen LogP) is 0.469. The normalized spacial score (nSPS) is 13.8. The molecule has 0 aliphatic heterocycles. The number of anilines is 1. The van der Waals surface area contributed by atoms with Gasteiger partial charge in [0.15, 0.2) is 0 Å². The Bertz CT molecular complexity index is 423. The zero-order valence-corrected chi connectivity index (χ0v) is 10.7. The number of benzene rings is 1. The molecule has 1 aromatic rings. The minimum Gasteiger partial charge on any atom is -0.349 e. The number of nitrogen functional groups attached to an aromatic ring is 1. The molecule has 0 saturated heterocycles. The van der Waals surface area contributed by atoms with Crippen LogP contribution in [0.4, 0.5) is 5.69 Å². The van der Waals surface area contributed by atoms with Gasteiger partial charge in [-0.1, -0.05) is 12.1 Å². The molecule has 1 aromatic carbocycles. The van der Waals surface area contributed by atoms with Gasteiger partial charge in [0.05, 0.1) is 11.3 Å². The molecule has 0 fully saturated rings. The van der Waals surface area contributed by atoms with Gasteiger partial charge in [0.2, 0.25) is 0 Å². The van der Waals surface area contributed by atoms with Crippen LogP contribution < -0.4 is 16.6 Å². The minimum absolute atomic E-state index is 0.140. The maximum atomic E-state index is 11.9. The van der Waals surface area contributed by atoms with Gasteiger partial charge in [-0.25, -0.2) is 0 Å². The van der Waals surface area contributed by atoms with Crippen LogP contribution >= 0.6 is 0 Å². The van der Waals surface area contributed by atoms with Crippen molar-refractivity contribution in [1.82, 2.24) is 5.32 Å². The maximum Gasteiger partial charge on any atom is 0.253 e. The zero-order valence-electron chi connectivity index (χ0n) is 9.90. The Hall–Kier alpha value is -1.40. The van der Waals surface area contributed by atoms with E-state index in [9.17, 15) is 9.00 Å². The van der Waals surface area contributed by atoms with Crippen molar-refractivity contribution in [3.8, 4) is 0 Å². The summed E-state index contributed by atoms with van der Waals surface area (Å²) in [7, 11) is -0.931. The van der Waals surface area contributed by atoms with Gasteiger partial charge in [0.25, 0.3) is 5.91 Å². The van der Waals surface area contributed by atoms with E-state index in [1.165, 1.54) is 0 Å². The van der Waals surface area contributed by atoms with Crippen molar-refractivity contribution in [2.75, 3.05) is 17.4 Å². The van der Waals surface area contributed by atoms with Crippen molar-refractivity contribution >= 4 is 22.4 Å². The molecule has 4 N–H and O–H groups in total. The number of para-hydroxylation sites is 1. The Morgan fingerprint density at radius 1 is 1.47 bits per heavy atom. The second kappa shape index (κ2) is 6.36. The van der Waals surface area contributed by atoms with Crippen LogP contribution in [-0.2, 0) is 10.8 Å². The molecule has 94 valence electrons. The number of nitrogens with two attached hydrogens (primary N) is 1. The minimum atomic E-state index is -0.931. The quantitative estimate of drug-likeness (QED) is 0.527. The predicted molar refractivity (Wildman–Crippen MR) is 70.1 cm³/mol. The van der Waals surface area contributed by atoms with Crippen molar-refractivity contribution in [2.45, 2.75) is 13.0 Å². The molecule has 0 aliphatic carbocycles. The standard InChI is InChI=1S/C11H17N3O2S/c1-8(7-17(2)16)13-11(15)9-5-3-4-6-10(9)14-12/h3-6,8,14H,7,12H2,1-2H3,(H,13,15). The van der Waals surface area contributed by atoms with Gasteiger partial charge in [-0.15, -0.1) is 0 Å².